The first-order valence-corrected chi connectivity index (χ1v) is 14.5. The summed E-state index contributed by atoms with van der Waals surface area (Å²) in [6.07, 6.45) is -0.592. The lowest BCUT2D eigenvalue weighted by molar-refractivity contribution is -0.139. The Balaban J connectivity index is 1.25. The maximum atomic E-state index is 15.3. The highest BCUT2D eigenvalue weighted by Gasteiger charge is 2.48. The van der Waals surface area contributed by atoms with Crippen LogP contribution >= 0.6 is 0 Å². The van der Waals surface area contributed by atoms with Crippen LogP contribution in [0.25, 0.3) is 0 Å². The number of methoxy groups -OCH3 is 1. The van der Waals surface area contributed by atoms with E-state index in [0.29, 0.717) is 11.8 Å². The van der Waals surface area contributed by atoms with Crippen molar-refractivity contribution in [3.05, 3.63) is 64.6 Å². The minimum atomic E-state index is -4.88. The van der Waals surface area contributed by atoms with Gasteiger partial charge < -0.3 is 29.9 Å². The molecule has 1 saturated carbocycles. The summed E-state index contributed by atoms with van der Waals surface area (Å²) in [6.45, 7) is 2.17. The lowest BCUT2D eigenvalue weighted by Gasteiger charge is -2.53. The van der Waals surface area contributed by atoms with Gasteiger partial charge in [0.25, 0.3) is 11.8 Å². The number of nitrogens with zero attached hydrogens (tertiary/aromatic N) is 4. The molecule has 0 radical (unpaired) electrons. The molecule has 0 bridgehead atoms. The molecule has 2 amide bonds. The van der Waals surface area contributed by atoms with Crippen molar-refractivity contribution in [1.82, 2.24) is 25.1 Å². The summed E-state index contributed by atoms with van der Waals surface area (Å²) in [5, 5.41) is 5.67. The second-order valence-corrected chi connectivity index (χ2v) is 11.9. The number of anilines is 2. The molecule has 10 nitrogen and oxygen atoms in total. The van der Waals surface area contributed by atoms with Gasteiger partial charge in [-0.1, -0.05) is 12.1 Å². The van der Waals surface area contributed by atoms with Crippen LogP contribution < -0.4 is 20.1 Å². The van der Waals surface area contributed by atoms with Crippen LogP contribution in [0.15, 0.2) is 36.5 Å². The van der Waals surface area contributed by atoms with E-state index in [9.17, 15) is 22.8 Å². The fourth-order valence-corrected chi connectivity index (χ4v) is 6.29. The molecule has 6 rings (SSSR count). The normalized spacial score (nSPS) is 19.2. The average molecular weight is 629 g/mol. The molecule has 2 fully saturated rings. The first-order chi connectivity index (χ1) is 21.4. The van der Waals surface area contributed by atoms with Crippen molar-refractivity contribution in [2.45, 2.75) is 44.4 Å². The lowest BCUT2D eigenvalue weighted by Crippen LogP contribution is -2.58. The van der Waals surface area contributed by atoms with Gasteiger partial charge in [0.15, 0.2) is 0 Å². The van der Waals surface area contributed by atoms with Gasteiger partial charge in [0.1, 0.15) is 22.9 Å². The molecule has 1 atom stereocenters. The fraction of sp³-hybridized carbons (Fsp3) is 0.419. The number of carbonyl (C=O) groups is 2. The molecule has 3 aromatic rings. The highest BCUT2D eigenvalue weighted by atomic mass is 19.4. The summed E-state index contributed by atoms with van der Waals surface area (Å²) >= 11 is 0. The number of fused-ring (bicyclic) bond motifs is 1. The number of benzene rings is 2. The monoisotopic (exact) mass is 628 g/mol. The number of hydrogen-bond donors (Lipinski definition) is 2. The SMILES string of the molecule is COc1cc(C(=O)NC2CCC23CCN(C)CC3)c(F)cc1Nc1ncc(C(F)(F)F)c(Oc2cccc3c2C(=O)N(C)C3)n1. The van der Waals surface area contributed by atoms with E-state index in [2.05, 4.69) is 32.5 Å². The van der Waals surface area contributed by atoms with Gasteiger partial charge in [0.05, 0.1) is 23.9 Å². The zero-order valence-electron chi connectivity index (χ0n) is 24.9. The zero-order chi connectivity index (χ0) is 32.1. The number of alkyl halides is 3. The minimum Gasteiger partial charge on any atom is -0.495 e. The standard InChI is InChI=1S/C31H32F4N6O4/c1-40-11-9-30(10-12-40)8-7-24(30)38-26(42)18-13-23(44-3)21(14-20(18)32)37-29-36-15-19(31(33,34)35)27(39-29)45-22-6-4-5-17-16-41(2)28(43)25(17)22/h4-6,13-15,24H,7-12,16H2,1-3H3,(H,38,42)(H,36,37,39). The van der Waals surface area contributed by atoms with E-state index in [1.807, 2.05) is 0 Å². The second-order valence-electron chi connectivity index (χ2n) is 11.9. The third-order valence-corrected chi connectivity index (χ3v) is 9.08. The van der Waals surface area contributed by atoms with Gasteiger partial charge in [-0.15, -0.1) is 0 Å². The van der Waals surface area contributed by atoms with Crippen molar-refractivity contribution in [2.75, 3.05) is 39.6 Å². The summed E-state index contributed by atoms with van der Waals surface area (Å²) < 4.78 is 68.0. The number of rotatable bonds is 7. The third kappa shape index (κ3) is 5.74. The summed E-state index contributed by atoms with van der Waals surface area (Å²) in [5.74, 6) is -3.09. The summed E-state index contributed by atoms with van der Waals surface area (Å²) in [4.78, 5) is 37.2. The van der Waals surface area contributed by atoms with Crippen LogP contribution in [0, 0.1) is 11.2 Å². The molecule has 1 unspecified atom stereocenters. The first kappa shape index (κ1) is 30.6. The van der Waals surface area contributed by atoms with Crippen LogP contribution in [-0.4, -0.2) is 71.9 Å². The summed E-state index contributed by atoms with van der Waals surface area (Å²) in [7, 11) is 4.95. The van der Waals surface area contributed by atoms with E-state index >= 15 is 4.39 Å². The van der Waals surface area contributed by atoms with Gasteiger partial charge in [-0.2, -0.15) is 18.2 Å². The van der Waals surface area contributed by atoms with Crippen LogP contribution in [0.4, 0.5) is 29.2 Å². The number of aromatic nitrogens is 2. The van der Waals surface area contributed by atoms with Crippen molar-refractivity contribution >= 4 is 23.5 Å². The number of piperidine rings is 1. The number of hydrogen-bond acceptors (Lipinski definition) is 8. The smallest absolute Gasteiger partial charge is 0.423 e. The Morgan fingerprint density at radius 3 is 2.53 bits per heavy atom. The molecule has 2 N–H and O–H groups in total. The molecular formula is C31H32F4N6O4. The maximum absolute atomic E-state index is 15.3. The van der Waals surface area contributed by atoms with Crippen LogP contribution in [-0.2, 0) is 12.7 Å². The highest BCUT2D eigenvalue weighted by molar-refractivity contribution is 6.01. The molecule has 1 spiro atoms. The predicted molar refractivity (Wildman–Crippen MR) is 155 cm³/mol. The number of halogens is 4. The van der Waals surface area contributed by atoms with Crippen molar-refractivity contribution in [3.8, 4) is 17.4 Å². The zero-order valence-corrected chi connectivity index (χ0v) is 24.9. The Hall–Kier alpha value is -4.46. The van der Waals surface area contributed by atoms with Gasteiger partial charge in [-0.3, -0.25) is 9.59 Å². The number of ether oxygens (including phenoxy) is 2. The second kappa shape index (κ2) is 11.5. The Morgan fingerprint density at radius 2 is 1.87 bits per heavy atom. The topological polar surface area (TPSA) is 109 Å². The maximum Gasteiger partial charge on any atom is 0.423 e. The molecule has 3 heterocycles. The van der Waals surface area contributed by atoms with Gasteiger partial charge in [-0.25, -0.2) is 9.37 Å². The summed E-state index contributed by atoms with van der Waals surface area (Å²) in [6, 6.07) is 6.81. The van der Waals surface area contributed by atoms with Crippen LogP contribution in [0.2, 0.25) is 0 Å². The van der Waals surface area contributed by atoms with E-state index in [-0.39, 0.29) is 52.3 Å². The lowest BCUT2D eigenvalue weighted by atomic mass is 9.59. The fourth-order valence-electron chi connectivity index (χ4n) is 6.29. The van der Waals surface area contributed by atoms with Crippen LogP contribution in [0.1, 0.15) is 57.5 Å². The van der Waals surface area contributed by atoms with Gasteiger partial charge >= 0.3 is 6.18 Å². The van der Waals surface area contributed by atoms with Crippen molar-refractivity contribution < 1.29 is 36.6 Å². The molecule has 1 saturated heterocycles. The van der Waals surface area contributed by atoms with Gasteiger partial charge in [-0.05, 0) is 68.9 Å². The average Bonchev–Trinajstić information content (AvgIpc) is 3.29. The van der Waals surface area contributed by atoms with Crippen LogP contribution in [0.5, 0.6) is 17.4 Å². The summed E-state index contributed by atoms with van der Waals surface area (Å²) in [5.41, 5.74) is -0.755. The molecule has 3 aliphatic rings. The molecule has 1 aliphatic carbocycles. The molecule has 2 aliphatic heterocycles. The highest BCUT2D eigenvalue weighted by Crippen LogP contribution is 2.49. The Labute approximate surface area is 256 Å². The first-order valence-electron chi connectivity index (χ1n) is 14.5. The van der Waals surface area contributed by atoms with E-state index in [4.69, 9.17) is 9.47 Å². The van der Waals surface area contributed by atoms with Crippen molar-refractivity contribution in [2.24, 2.45) is 5.41 Å². The number of amides is 2. The molecule has 45 heavy (non-hydrogen) atoms. The molecule has 14 heteroatoms. The van der Waals surface area contributed by atoms with E-state index in [1.54, 1.807) is 19.2 Å². The number of carbonyl (C=O) groups excluding carboxylic acids is 2. The van der Waals surface area contributed by atoms with Gasteiger partial charge in [0.2, 0.25) is 11.8 Å². The van der Waals surface area contributed by atoms with Crippen molar-refractivity contribution in [1.29, 1.82) is 0 Å². The molecule has 238 valence electrons. The van der Waals surface area contributed by atoms with Crippen LogP contribution in [0.3, 0.4) is 0 Å². The Morgan fingerprint density at radius 1 is 1.11 bits per heavy atom. The molecule has 2 aromatic carbocycles. The quantitative estimate of drug-likeness (QED) is 0.337. The Bertz CT molecular complexity index is 1660. The van der Waals surface area contributed by atoms with E-state index < -0.39 is 35.3 Å². The number of likely N-dealkylation sites (tertiary alicyclic amines) is 1. The van der Waals surface area contributed by atoms with E-state index in [0.717, 1.165) is 44.8 Å². The predicted octanol–water partition coefficient (Wildman–Crippen LogP) is 5.37. The minimum absolute atomic E-state index is 0.0208. The third-order valence-electron chi connectivity index (χ3n) is 9.08. The largest absolute Gasteiger partial charge is 0.495 e. The van der Waals surface area contributed by atoms with Gasteiger partial charge in [0, 0.05) is 31.9 Å². The number of nitrogens with one attached hydrogen (secondary N) is 2. The van der Waals surface area contributed by atoms with E-state index in [1.165, 1.54) is 24.1 Å². The Kier molecular flexibility index (Phi) is 7.79. The molecular weight excluding hydrogens is 596 g/mol. The van der Waals surface area contributed by atoms with Crippen molar-refractivity contribution in [3.63, 3.8) is 0 Å². The molecule has 1 aromatic heterocycles.